The minimum Gasteiger partial charge on any atom is -0.379 e. The second-order valence-electron chi connectivity index (χ2n) is 5.83. The molecule has 0 spiro atoms. The van der Waals surface area contributed by atoms with Gasteiger partial charge in [0.05, 0.1) is 11.6 Å². The molecule has 0 radical (unpaired) electrons. The highest BCUT2D eigenvalue weighted by atomic mass is 35.5. The lowest BCUT2D eigenvalue weighted by Crippen LogP contribution is -2.30. The minimum atomic E-state index is -0.365. The largest absolute Gasteiger partial charge is 0.379 e. The SMILES string of the molecule is CC(CCC1NC(O)CC1C)c1cc(C#N)ccc1Cl. The Morgan fingerprint density at radius 2 is 2.30 bits per heavy atom. The molecule has 4 heteroatoms. The summed E-state index contributed by atoms with van der Waals surface area (Å²) in [5.74, 6) is 0.806. The molecule has 1 saturated heterocycles. The van der Waals surface area contributed by atoms with Crippen LogP contribution in [0, 0.1) is 17.2 Å². The molecule has 1 aromatic rings. The van der Waals surface area contributed by atoms with Gasteiger partial charge < -0.3 is 5.11 Å². The van der Waals surface area contributed by atoms with Gasteiger partial charge in [0.25, 0.3) is 0 Å². The fourth-order valence-electron chi connectivity index (χ4n) is 2.94. The fraction of sp³-hybridized carbons (Fsp3) is 0.562. The Kier molecular flexibility index (Phi) is 5.04. The Morgan fingerprint density at radius 1 is 1.55 bits per heavy atom. The molecule has 4 atom stereocenters. The van der Waals surface area contributed by atoms with E-state index in [0.717, 1.165) is 29.8 Å². The molecule has 1 aliphatic rings. The predicted octanol–water partition coefficient (Wildman–Crippen LogP) is 3.41. The van der Waals surface area contributed by atoms with Gasteiger partial charge >= 0.3 is 0 Å². The number of aliphatic hydroxyl groups is 1. The number of hydrogen-bond donors (Lipinski definition) is 2. The highest BCUT2D eigenvalue weighted by molar-refractivity contribution is 6.31. The quantitative estimate of drug-likeness (QED) is 0.894. The van der Waals surface area contributed by atoms with E-state index in [1.165, 1.54) is 0 Å². The Morgan fingerprint density at radius 3 is 2.90 bits per heavy atom. The Hall–Kier alpha value is -1.08. The van der Waals surface area contributed by atoms with Crippen molar-refractivity contribution in [2.75, 3.05) is 0 Å². The van der Waals surface area contributed by atoms with Crippen molar-refractivity contribution < 1.29 is 5.11 Å². The lowest BCUT2D eigenvalue weighted by atomic mass is 9.90. The maximum Gasteiger partial charge on any atom is 0.105 e. The molecule has 0 amide bonds. The number of nitriles is 1. The van der Waals surface area contributed by atoms with E-state index in [2.05, 4.69) is 25.2 Å². The van der Waals surface area contributed by atoms with Gasteiger partial charge in [0.2, 0.25) is 0 Å². The first-order chi connectivity index (χ1) is 9.51. The number of aliphatic hydroxyl groups excluding tert-OH is 1. The van der Waals surface area contributed by atoms with Crippen molar-refractivity contribution in [2.45, 2.75) is 51.3 Å². The van der Waals surface area contributed by atoms with Crippen LogP contribution in [0.5, 0.6) is 0 Å². The average Bonchev–Trinajstić information content (AvgIpc) is 2.75. The minimum absolute atomic E-state index is 0.308. The predicted molar refractivity (Wildman–Crippen MR) is 80.5 cm³/mol. The van der Waals surface area contributed by atoms with Gasteiger partial charge in [-0.05, 0) is 54.9 Å². The lowest BCUT2D eigenvalue weighted by Gasteiger charge is -2.19. The van der Waals surface area contributed by atoms with Gasteiger partial charge in [-0.3, -0.25) is 5.32 Å². The molecule has 1 aromatic carbocycles. The highest BCUT2D eigenvalue weighted by Gasteiger charge is 2.29. The van der Waals surface area contributed by atoms with Crippen molar-refractivity contribution in [2.24, 2.45) is 5.92 Å². The zero-order valence-electron chi connectivity index (χ0n) is 11.9. The van der Waals surface area contributed by atoms with Crippen LogP contribution < -0.4 is 5.32 Å². The van der Waals surface area contributed by atoms with E-state index < -0.39 is 0 Å². The van der Waals surface area contributed by atoms with E-state index in [1.807, 2.05) is 6.07 Å². The van der Waals surface area contributed by atoms with E-state index in [4.69, 9.17) is 16.9 Å². The smallest absolute Gasteiger partial charge is 0.105 e. The first-order valence-corrected chi connectivity index (χ1v) is 7.52. The van der Waals surface area contributed by atoms with Gasteiger partial charge in [-0.2, -0.15) is 5.26 Å². The number of rotatable bonds is 4. The van der Waals surface area contributed by atoms with Crippen molar-refractivity contribution in [1.29, 1.82) is 5.26 Å². The van der Waals surface area contributed by atoms with E-state index in [1.54, 1.807) is 12.1 Å². The van der Waals surface area contributed by atoms with Crippen LogP contribution in [0.4, 0.5) is 0 Å². The summed E-state index contributed by atoms with van der Waals surface area (Å²) in [4.78, 5) is 0. The fourth-order valence-corrected chi connectivity index (χ4v) is 3.24. The zero-order chi connectivity index (χ0) is 14.7. The third kappa shape index (κ3) is 3.52. The summed E-state index contributed by atoms with van der Waals surface area (Å²) in [7, 11) is 0. The summed E-state index contributed by atoms with van der Waals surface area (Å²) in [5, 5.41) is 22.5. The van der Waals surface area contributed by atoms with E-state index in [0.29, 0.717) is 23.4 Å². The van der Waals surface area contributed by atoms with Crippen LogP contribution in [-0.4, -0.2) is 17.4 Å². The molecule has 4 unspecified atom stereocenters. The molecule has 2 rings (SSSR count). The summed E-state index contributed by atoms with van der Waals surface area (Å²) in [6.07, 6.45) is 2.45. The first kappa shape index (κ1) is 15.3. The maximum absolute atomic E-state index is 9.60. The number of nitrogens with zero attached hydrogens (tertiary/aromatic N) is 1. The molecule has 20 heavy (non-hydrogen) atoms. The van der Waals surface area contributed by atoms with Crippen molar-refractivity contribution >= 4 is 11.6 Å². The van der Waals surface area contributed by atoms with Crippen molar-refractivity contribution in [1.82, 2.24) is 5.32 Å². The summed E-state index contributed by atoms with van der Waals surface area (Å²) >= 11 is 6.23. The molecule has 1 heterocycles. The van der Waals surface area contributed by atoms with Crippen molar-refractivity contribution in [3.63, 3.8) is 0 Å². The Balaban J connectivity index is 1.98. The second kappa shape index (κ2) is 6.58. The molecule has 0 aromatic heterocycles. The van der Waals surface area contributed by atoms with Crippen LogP contribution in [0.1, 0.15) is 50.2 Å². The molecule has 0 aliphatic carbocycles. The number of hydrogen-bond acceptors (Lipinski definition) is 3. The van der Waals surface area contributed by atoms with Gasteiger partial charge in [-0.15, -0.1) is 0 Å². The molecular formula is C16H21ClN2O. The zero-order valence-corrected chi connectivity index (χ0v) is 12.7. The topological polar surface area (TPSA) is 56.0 Å². The second-order valence-corrected chi connectivity index (χ2v) is 6.24. The molecule has 1 fully saturated rings. The van der Waals surface area contributed by atoms with Gasteiger partial charge in [0.15, 0.2) is 0 Å². The number of halogens is 1. The highest BCUT2D eigenvalue weighted by Crippen LogP contribution is 2.31. The lowest BCUT2D eigenvalue weighted by molar-refractivity contribution is 0.152. The molecular weight excluding hydrogens is 272 g/mol. The van der Waals surface area contributed by atoms with Crippen LogP contribution in [-0.2, 0) is 0 Å². The molecule has 108 valence electrons. The third-order valence-corrected chi connectivity index (χ3v) is 4.60. The van der Waals surface area contributed by atoms with Crippen molar-refractivity contribution in [3.8, 4) is 6.07 Å². The van der Waals surface area contributed by atoms with Crippen LogP contribution >= 0.6 is 11.6 Å². The van der Waals surface area contributed by atoms with Crippen LogP contribution in [0.3, 0.4) is 0 Å². The Bertz CT molecular complexity index is 512. The van der Waals surface area contributed by atoms with Gasteiger partial charge in [-0.25, -0.2) is 0 Å². The van der Waals surface area contributed by atoms with E-state index >= 15 is 0 Å². The van der Waals surface area contributed by atoms with Crippen molar-refractivity contribution in [3.05, 3.63) is 34.3 Å². The summed E-state index contributed by atoms with van der Waals surface area (Å²) in [5.41, 5.74) is 1.69. The monoisotopic (exact) mass is 292 g/mol. The van der Waals surface area contributed by atoms with Gasteiger partial charge in [-0.1, -0.05) is 25.4 Å². The number of nitrogens with one attached hydrogen (secondary N) is 1. The molecule has 3 nitrogen and oxygen atoms in total. The third-order valence-electron chi connectivity index (χ3n) is 4.26. The van der Waals surface area contributed by atoms with Gasteiger partial charge in [0.1, 0.15) is 6.23 Å². The molecule has 0 saturated carbocycles. The van der Waals surface area contributed by atoms with Crippen LogP contribution in [0.15, 0.2) is 18.2 Å². The van der Waals surface area contributed by atoms with Crippen LogP contribution in [0.2, 0.25) is 5.02 Å². The summed E-state index contributed by atoms with van der Waals surface area (Å²) < 4.78 is 0. The average molecular weight is 293 g/mol. The van der Waals surface area contributed by atoms with E-state index in [-0.39, 0.29) is 6.23 Å². The normalized spacial score (nSPS) is 27.2. The standard InChI is InChI=1S/C16H21ClN2O/c1-10(3-6-15-11(2)7-16(20)19-15)13-8-12(9-18)4-5-14(13)17/h4-5,8,10-11,15-16,19-20H,3,6-7H2,1-2H3. The maximum atomic E-state index is 9.60. The molecule has 1 aliphatic heterocycles. The summed E-state index contributed by atoms with van der Waals surface area (Å²) in [6, 6.07) is 7.95. The van der Waals surface area contributed by atoms with Gasteiger partial charge in [0, 0.05) is 11.1 Å². The molecule has 0 bridgehead atoms. The number of benzene rings is 1. The van der Waals surface area contributed by atoms with E-state index in [9.17, 15) is 5.11 Å². The van der Waals surface area contributed by atoms with Crippen LogP contribution in [0.25, 0.3) is 0 Å². The first-order valence-electron chi connectivity index (χ1n) is 7.15. The molecule has 2 N–H and O–H groups in total. The summed E-state index contributed by atoms with van der Waals surface area (Å²) in [6.45, 7) is 4.31. The Labute approximate surface area is 125 Å².